The lowest BCUT2D eigenvalue weighted by atomic mass is 10.1. The van der Waals surface area contributed by atoms with Gasteiger partial charge < -0.3 is 0 Å². The van der Waals surface area contributed by atoms with Gasteiger partial charge in [0, 0.05) is 5.56 Å². The van der Waals surface area contributed by atoms with Crippen LogP contribution in [0.1, 0.15) is 28.3 Å². The van der Waals surface area contributed by atoms with Gasteiger partial charge in [0.2, 0.25) is 10.0 Å². The van der Waals surface area contributed by atoms with Crippen molar-refractivity contribution in [1.82, 2.24) is 4.72 Å². The van der Waals surface area contributed by atoms with E-state index in [9.17, 15) is 8.42 Å². The zero-order chi connectivity index (χ0) is 19.3. The molecule has 27 heavy (non-hydrogen) atoms. The van der Waals surface area contributed by atoms with Gasteiger partial charge in [-0.15, -0.1) is 0 Å². The summed E-state index contributed by atoms with van der Waals surface area (Å²) >= 11 is 0. The van der Waals surface area contributed by atoms with Gasteiger partial charge in [0.05, 0.1) is 4.90 Å². The van der Waals surface area contributed by atoms with Crippen LogP contribution in [0.5, 0.6) is 0 Å². The van der Waals surface area contributed by atoms with Gasteiger partial charge in [-0.1, -0.05) is 77.6 Å². The minimum Gasteiger partial charge on any atom is -0.207 e. The number of hydrogen-bond acceptors (Lipinski definition) is 2. The highest BCUT2D eigenvalue weighted by Gasteiger charge is 2.19. The summed E-state index contributed by atoms with van der Waals surface area (Å²) in [6.07, 6.45) is 0. The van der Waals surface area contributed by atoms with Crippen LogP contribution in [0, 0.1) is 25.7 Å². The molecule has 136 valence electrons. The highest BCUT2D eigenvalue weighted by atomic mass is 32.2. The third-order valence-electron chi connectivity index (χ3n) is 4.15. The molecule has 0 saturated heterocycles. The molecule has 0 aliphatic carbocycles. The highest BCUT2D eigenvalue weighted by Crippen LogP contribution is 2.17. The van der Waals surface area contributed by atoms with Crippen LogP contribution in [0.2, 0.25) is 0 Å². The Balaban J connectivity index is 1.93. The van der Waals surface area contributed by atoms with Crippen LogP contribution in [0.3, 0.4) is 0 Å². The zero-order valence-electron chi connectivity index (χ0n) is 15.3. The third kappa shape index (κ3) is 5.07. The van der Waals surface area contributed by atoms with Gasteiger partial charge in [-0.25, -0.2) is 8.42 Å². The first-order valence-electron chi connectivity index (χ1n) is 8.66. The second-order valence-corrected chi connectivity index (χ2v) is 8.13. The van der Waals surface area contributed by atoms with Crippen LogP contribution in [-0.2, 0) is 10.0 Å². The second kappa shape index (κ2) is 8.22. The van der Waals surface area contributed by atoms with E-state index in [2.05, 4.69) is 16.6 Å². The fourth-order valence-electron chi connectivity index (χ4n) is 2.56. The van der Waals surface area contributed by atoms with Crippen molar-refractivity contribution in [3.05, 3.63) is 101 Å². The molecule has 0 spiro atoms. The average Bonchev–Trinajstić information content (AvgIpc) is 2.67. The SMILES string of the molecule is Cc1ccc(C#CC(NS(=O)(=O)c2ccc(C)cc2)c2ccccc2)cc1. The first-order chi connectivity index (χ1) is 12.9. The Morgan fingerprint density at radius 3 is 1.93 bits per heavy atom. The van der Waals surface area contributed by atoms with Gasteiger partial charge in [0.25, 0.3) is 0 Å². The molecule has 1 atom stereocenters. The van der Waals surface area contributed by atoms with E-state index in [1.54, 1.807) is 24.3 Å². The summed E-state index contributed by atoms with van der Waals surface area (Å²) in [7, 11) is -3.69. The van der Waals surface area contributed by atoms with Crippen LogP contribution in [0.25, 0.3) is 0 Å². The average molecular weight is 375 g/mol. The number of aryl methyl sites for hydroxylation is 2. The molecular weight excluding hydrogens is 354 g/mol. The van der Waals surface area contributed by atoms with Crippen molar-refractivity contribution in [1.29, 1.82) is 0 Å². The molecule has 0 fully saturated rings. The molecule has 0 aliphatic heterocycles. The van der Waals surface area contributed by atoms with Crippen molar-refractivity contribution in [2.24, 2.45) is 0 Å². The summed E-state index contributed by atoms with van der Waals surface area (Å²) in [6, 6.07) is 23.3. The number of benzene rings is 3. The summed E-state index contributed by atoms with van der Waals surface area (Å²) in [5, 5.41) is 0. The largest absolute Gasteiger partial charge is 0.241 e. The smallest absolute Gasteiger partial charge is 0.207 e. The van der Waals surface area contributed by atoms with Gasteiger partial charge in [0.15, 0.2) is 0 Å². The monoisotopic (exact) mass is 375 g/mol. The Morgan fingerprint density at radius 1 is 0.778 bits per heavy atom. The van der Waals surface area contributed by atoms with E-state index in [-0.39, 0.29) is 4.90 Å². The maximum absolute atomic E-state index is 12.8. The minimum atomic E-state index is -3.69. The van der Waals surface area contributed by atoms with Crippen molar-refractivity contribution < 1.29 is 8.42 Å². The van der Waals surface area contributed by atoms with E-state index < -0.39 is 16.1 Å². The number of rotatable bonds is 4. The second-order valence-electron chi connectivity index (χ2n) is 6.41. The molecule has 3 aromatic rings. The molecule has 0 aliphatic rings. The van der Waals surface area contributed by atoms with Crippen LogP contribution in [-0.4, -0.2) is 8.42 Å². The molecule has 4 heteroatoms. The summed E-state index contributed by atoms with van der Waals surface area (Å²) in [6.45, 7) is 3.93. The molecule has 1 unspecified atom stereocenters. The van der Waals surface area contributed by atoms with Gasteiger partial charge in [-0.3, -0.25) is 0 Å². The van der Waals surface area contributed by atoms with Crippen molar-refractivity contribution in [3.8, 4) is 11.8 Å². The van der Waals surface area contributed by atoms with Crippen molar-refractivity contribution >= 4 is 10.0 Å². The summed E-state index contributed by atoms with van der Waals surface area (Å²) in [5.41, 5.74) is 3.80. The molecule has 0 radical (unpaired) electrons. The van der Waals surface area contributed by atoms with Crippen molar-refractivity contribution in [2.45, 2.75) is 24.8 Å². The van der Waals surface area contributed by atoms with E-state index in [0.717, 1.165) is 22.3 Å². The molecule has 3 nitrogen and oxygen atoms in total. The molecule has 0 aromatic heterocycles. The van der Waals surface area contributed by atoms with Crippen LogP contribution in [0.15, 0.2) is 83.8 Å². The Bertz CT molecular complexity index is 1060. The third-order valence-corrected chi connectivity index (χ3v) is 5.59. The topological polar surface area (TPSA) is 46.2 Å². The van der Waals surface area contributed by atoms with Gasteiger partial charge in [-0.2, -0.15) is 4.72 Å². The van der Waals surface area contributed by atoms with Gasteiger partial charge in [0.1, 0.15) is 6.04 Å². The van der Waals surface area contributed by atoms with E-state index in [4.69, 9.17) is 0 Å². The fourth-order valence-corrected chi connectivity index (χ4v) is 3.70. The predicted octanol–water partition coefficient (Wildman–Crippen LogP) is 4.37. The summed E-state index contributed by atoms with van der Waals surface area (Å²) in [5.74, 6) is 6.15. The normalized spacial score (nSPS) is 12.1. The Labute approximate surface area is 161 Å². The maximum atomic E-state index is 12.8. The number of nitrogens with one attached hydrogen (secondary N) is 1. The molecule has 3 rings (SSSR count). The predicted molar refractivity (Wildman–Crippen MR) is 109 cm³/mol. The zero-order valence-corrected chi connectivity index (χ0v) is 16.1. The highest BCUT2D eigenvalue weighted by molar-refractivity contribution is 7.89. The summed E-state index contributed by atoms with van der Waals surface area (Å²) < 4.78 is 28.3. The molecule has 0 heterocycles. The lowest BCUT2D eigenvalue weighted by molar-refractivity contribution is 0.576. The van der Waals surface area contributed by atoms with Crippen LogP contribution in [0.4, 0.5) is 0 Å². The van der Waals surface area contributed by atoms with E-state index >= 15 is 0 Å². The minimum absolute atomic E-state index is 0.228. The van der Waals surface area contributed by atoms with Gasteiger partial charge in [-0.05, 0) is 43.7 Å². The molecule has 0 saturated carbocycles. The molecular formula is C23H21NO2S. The molecule has 0 bridgehead atoms. The van der Waals surface area contributed by atoms with Crippen molar-refractivity contribution in [3.63, 3.8) is 0 Å². The van der Waals surface area contributed by atoms with Gasteiger partial charge >= 0.3 is 0 Å². The van der Waals surface area contributed by atoms with Crippen LogP contribution < -0.4 is 4.72 Å². The fraction of sp³-hybridized carbons (Fsp3) is 0.130. The Kier molecular flexibility index (Phi) is 5.75. The van der Waals surface area contributed by atoms with Crippen LogP contribution >= 0.6 is 0 Å². The maximum Gasteiger partial charge on any atom is 0.241 e. The molecule has 1 N–H and O–H groups in total. The lowest BCUT2D eigenvalue weighted by Crippen LogP contribution is -2.28. The standard InChI is InChI=1S/C23H21NO2S/c1-18-8-12-20(13-9-18)14-17-23(21-6-4-3-5-7-21)24-27(25,26)22-15-10-19(2)11-16-22/h3-13,15-16,23-24H,1-2H3. The Morgan fingerprint density at radius 2 is 1.33 bits per heavy atom. The first-order valence-corrected chi connectivity index (χ1v) is 10.1. The number of hydrogen-bond donors (Lipinski definition) is 1. The summed E-state index contributed by atoms with van der Waals surface area (Å²) in [4.78, 5) is 0.228. The lowest BCUT2D eigenvalue weighted by Gasteiger charge is -2.14. The number of sulfonamides is 1. The van der Waals surface area contributed by atoms with E-state index in [1.807, 2.05) is 68.4 Å². The first kappa shape index (κ1) is 18.9. The van der Waals surface area contributed by atoms with E-state index in [0.29, 0.717) is 0 Å². The Hall–Kier alpha value is -2.87. The van der Waals surface area contributed by atoms with E-state index in [1.165, 1.54) is 0 Å². The van der Waals surface area contributed by atoms with Crippen molar-refractivity contribution in [2.75, 3.05) is 0 Å². The molecule has 0 amide bonds. The quantitative estimate of drug-likeness (QED) is 0.688. The molecule has 3 aromatic carbocycles.